The second kappa shape index (κ2) is 12.8. The molecule has 8 nitrogen and oxygen atoms in total. The average Bonchev–Trinajstić information content (AvgIpc) is 2.37. The zero-order valence-electron chi connectivity index (χ0n) is 10.9. The molecule has 0 unspecified atom stereocenters. The number of rotatable bonds is 7. The van der Waals surface area contributed by atoms with E-state index in [0.717, 1.165) is 18.2 Å². The predicted molar refractivity (Wildman–Crippen MR) is 66.8 cm³/mol. The lowest BCUT2D eigenvalue weighted by molar-refractivity contribution is -0.143. The van der Waals surface area contributed by atoms with Crippen molar-refractivity contribution in [2.45, 2.75) is 13.3 Å². The second-order valence-electron chi connectivity index (χ2n) is 2.94. The molecule has 0 aromatic carbocycles. The molecular formula is C12H16O8. The summed E-state index contributed by atoms with van der Waals surface area (Å²) in [6, 6.07) is 0. The molecule has 0 amide bonds. The average molecular weight is 288 g/mol. The van der Waals surface area contributed by atoms with Gasteiger partial charge in [0.25, 0.3) is 0 Å². The second-order valence-corrected chi connectivity index (χ2v) is 2.94. The quantitative estimate of drug-likeness (QED) is 0.508. The molecular weight excluding hydrogens is 272 g/mol. The molecule has 0 aromatic heterocycles. The predicted octanol–water partition coefficient (Wildman–Crippen LogP) is 0.381. The van der Waals surface area contributed by atoms with Gasteiger partial charge in [-0.05, 0) is 6.92 Å². The van der Waals surface area contributed by atoms with Crippen LogP contribution in [0.4, 0.5) is 0 Å². The van der Waals surface area contributed by atoms with E-state index in [-0.39, 0.29) is 19.6 Å². The summed E-state index contributed by atoms with van der Waals surface area (Å²) in [5.41, 5.74) is 0. The Bertz CT molecular complexity index is 383. The molecule has 2 N–H and O–H groups in total. The van der Waals surface area contributed by atoms with E-state index in [2.05, 4.69) is 16.1 Å². The van der Waals surface area contributed by atoms with Crippen molar-refractivity contribution >= 4 is 23.9 Å². The number of carbonyl (C=O) groups is 4. The molecule has 0 spiro atoms. The monoisotopic (exact) mass is 288 g/mol. The molecule has 0 aliphatic heterocycles. The van der Waals surface area contributed by atoms with Gasteiger partial charge in [-0.2, -0.15) is 0 Å². The number of esters is 2. The van der Waals surface area contributed by atoms with Gasteiger partial charge in [0.2, 0.25) is 0 Å². The minimum absolute atomic E-state index is 0.0970. The van der Waals surface area contributed by atoms with Gasteiger partial charge >= 0.3 is 23.9 Å². The first-order chi connectivity index (χ1) is 9.33. The highest BCUT2D eigenvalue weighted by Gasteiger charge is 1.98. The summed E-state index contributed by atoms with van der Waals surface area (Å²) in [5.74, 6) is -3.38. The Hall–Kier alpha value is -2.64. The fourth-order valence-electron chi connectivity index (χ4n) is 0.628. The van der Waals surface area contributed by atoms with Crippen molar-refractivity contribution in [2.24, 2.45) is 0 Å². The lowest BCUT2D eigenvalue weighted by atomic mass is 10.5. The van der Waals surface area contributed by atoms with Gasteiger partial charge in [0.15, 0.2) is 0 Å². The van der Waals surface area contributed by atoms with Gasteiger partial charge < -0.3 is 19.7 Å². The van der Waals surface area contributed by atoms with Crippen LogP contribution in [-0.4, -0.2) is 47.3 Å². The molecule has 20 heavy (non-hydrogen) atoms. The molecule has 0 radical (unpaired) electrons. The smallest absolute Gasteiger partial charge is 0.330 e. The Morgan fingerprint density at radius 2 is 1.65 bits per heavy atom. The highest BCUT2D eigenvalue weighted by atomic mass is 16.5. The van der Waals surface area contributed by atoms with Crippen LogP contribution in [0.25, 0.3) is 0 Å². The van der Waals surface area contributed by atoms with Crippen LogP contribution in [0.15, 0.2) is 24.8 Å². The van der Waals surface area contributed by atoms with Crippen LogP contribution in [0.3, 0.4) is 0 Å². The molecule has 0 bridgehead atoms. The first-order valence-corrected chi connectivity index (χ1v) is 5.42. The Labute approximate surface area is 115 Å². The van der Waals surface area contributed by atoms with Crippen LogP contribution >= 0.6 is 0 Å². The summed E-state index contributed by atoms with van der Waals surface area (Å²) in [7, 11) is 0. The van der Waals surface area contributed by atoms with E-state index >= 15 is 0 Å². The Morgan fingerprint density at radius 1 is 1.05 bits per heavy atom. The van der Waals surface area contributed by atoms with E-state index in [1.54, 1.807) is 6.92 Å². The van der Waals surface area contributed by atoms with Crippen LogP contribution in [0.1, 0.15) is 13.3 Å². The van der Waals surface area contributed by atoms with Gasteiger partial charge in [-0.15, -0.1) is 0 Å². The van der Waals surface area contributed by atoms with Crippen molar-refractivity contribution in [3.8, 4) is 0 Å². The molecule has 0 rings (SSSR count). The fraction of sp³-hybridized carbons (Fsp3) is 0.333. The molecule has 0 atom stereocenters. The van der Waals surface area contributed by atoms with Gasteiger partial charge in [0.05, 0.1) is 13.0 Å². The highest BCUT2D eigenvalue weighted by Crippen LogP contribution is 1.84. The third-order valence-electron chi connectivity index (χ3n) is 1.38. The van der Waals surface area contributed by atoms with E-state index in [0.29, 0.717) is 0 Å². The largest absolute Gasteiger partial charge is 0.481 e. The van der Waals surface area contributed by atoms with E-state index in [4.69, 9.17) is 10.2 Å². The minimum Gasteiger partial charge on any atom is -0.481 e. The van der Waals surface area contributed by atoms with Gasteiger partial charge in [0, 0.05) is 18.2 Å². The molecule has 0 aliphatic carbocycles. The molecule has 112 valence electrons. The Balaban J connectivity index is 0. The van der Waals surface area contributed by atoms with Crippen molar-refractivity contribution in [1.29, 1.82) is 0 Å². The lowest BCUT2D eigenvalue weighted by Gasteiger charge is -1.96. The summed E-state index contributed by atoms with van der Waals surface area (Å²) in [5, 5.41) is 16.1. The first-order valence-electron chi connectivity index (χ1n) is 5.42. The van der Waals surface area contributed by atoms with Gasteiger partial charge in [-0.1, -0.05) is 6.58 Å². The van der Waals surface area contributed by atoms with Crippen LogP contribution in [0, 0.1) is 0 Å². The maximum absolute atomic E-state index is 10.4. The molecule has 0 fully saturated rings. The maximum atomic E-state index is 10.4. The number of aliphatic carboxylic acids is 2. The number of ether oxygens (including phenoxy) is 2. The first kappa shape index (κ1) is 19.7. The standard InChI is InChI=1S/2C6H8O4/c1-2-10-6(9)4-3-5(7)8;1-2-6(9)10-4-3-5(7)8/h3-4H,2H2,1H3,(H,7,8);2H,1,3-4H2,(H,7,8). The van der Waals surface area contributed by atoms with Gasteiger partial charge in [-0.3, -0.25) is 4.79 Å². The number of hydrogen-bond acceptors (Lipinski definition) is 6. The summed E-state index contributed by atoms with van der Waals surface area (Å²) in [6.07, 6.45) is 2.42. The highest BCUT2D eigenvalue weighted by molar-refractivity contribution is 5.90. The minimum atomic E-state index is -1.16. The number of carbonyl (C=O) groups excluding carboxylic acids is 2. The van der Waals surface area contributed by atoms with Crippen LogP contribution < -0.4 is 0 Å². The zero-order valence-corrected chi connectivity index (χ0v) is 10.9. The Morgan fingerprint density at radius 3 is 2.05 bits per heavy atom. The van der Waals surface area contributed by atoms with Crippen LogP contribution in [0.5, 0.6) is 0 Å². The third kappa shape index (κ3) is 17.7. The zero-order chi connectivity index (χ0) is 16.0. The molecule has 0 aromatic rings. The van der Waals surface area contributed by atoms with E-state index in [1.165, 1.54) is 0 Å². The van der Waals surface area contributed by atoms with Crippen molar-refractivity contribution in [3.05, 3.63) is 24.8 Å². The van der Waals surface area contributed by atoms with Gasteiger partial charge in [0.1, 0.15) is 6.61 Å². The molecule has 8 heteroatoms. The summed E-state index contributed by atoms with van der Waals surface area (Å²) < 4.78 is 8.77. The lowest BCUT2D eigenvalue weighted by Crippen LogP contribution is -2.06. The van der Waals surface area contributed by atoms with Crippen molar-refractivity contribution in [3.63, 3.8) is 0 Å². The topological polar surface area (TPSA) is 127 Å². The fourth-order valence-corrected chi connectivity index (χ4v) is 0.628. The molecule has 0 heterocycles. The normalized spacial score (nSPS) is 9.05. The summed E-state index contributed by atoms with van der Waals surface area (Å²) in [6.45, 7) is 4.94. The summed E-state index contributed by atoms with van der Waals surface area (Å²) >= 11 is 0. The maximum Gasteiger partial charge on any atom is 0.330 e. The number of carboxylic acid groups (broad SMARTS) is 2. The van der Waals surface area contributed by atoms with E-state index in [1.807, 2.05) is 0 Å². The van der Waals surface area contributed by atoms with Crippen molar-refractivity contribution in [1.82, 2.24) is 0 Å². The van der Waals surface area contributed by atoms with Crippen LogP contribution in [-0.2, 0) is 28.7 Å². The Kier molecular flexibility index (Phi) is 12.6. The molecule has 0 saturated heterocycles. The third-order valence-corrected chi connectivity index (χ3v) is 1.38. The van der Waals surface area contributed by atoms with E-state index < -0.39 is 23.9 Å². The summed E-state index contributed by atoms with van der Waals surface area (Å²) in [4.78, 5) is 40.3. The van der Waals surface area contributed by atoms with Crippen molar-refractivity contribution in [2.75, 3.05) is 13.2 Å². The van der Waals surface area contributed by atoms with E-state index in [9.17, 15) is 19.2 Å². The SMILES string of the molecule is C=CC(=O)OCCC(=O)O.CCOC(=O)C=CC(=O)O. The van der Waals surface area contributed by atoms with Crippen LogP contribution in [0.2, 0.25) is 0 Å². The number of carboxylic acids is 2. The molecule has 0 saturated carbocycles. The molecule has 0 aliphatic rings. The number of hydrogen-bond donors (Lipinski definition) is 2. The van der Waals surface area contributed by atoms with Crippen molar-refractivity contribution < 1.29 is 38.9 Å². The van der Waals surface area contributed by atoms with Gasteiger partial charge in [-0.25, -0.2) is 14.4 Å².